The second kappa shape index (κ2) is 8.03. The normalized spacial score (nSPS) is 10.0. The Hall–Kier alpha value is -2.75. The maximum absolute atomic E-state index is 12.2. The van der Waals surface area contributed by atoms with E-state index in [0.29, 0.717) is 6.61 Å². The van der Waals surface area contributed by atoms with Gasteiger partial charge in [-0.25, -0.2) is 0 Å². The topological polar surface area (TPSA) is 41.6 Å². The van der Waals surface area contributed by atoms with Gasteiger partial charge in [0.25, 0.3) is 0 Å². The lowest BCUT2D eigenvalue weighted by Crippen LogP contribution is -2.32. The van der Waals surface area contributed by atoms with Crippen LogP contribution in [0.2, 0.25) is 0 Å². The second-order valence-electron chi connectivity index (χ2n) is 5.41. The van der Waals surface area contributed by atoms with Crippen molar-refractivity contribution in [3.63, 3.8) is 0 Å². The molecule has 4 nitrogen and oxygen atoms in total. The van der Waals surface area contributed by atoms with Gasteiger partial charge in [-0.3, -0.25) is 4.79 Å². The highest BCUT2D eigenvalue weighted by atomic mass is 16.5. The van der Waals surface area contributed by atoms with Gasteiger partial charge in [-0.1, -0.05) is 24.8 Å². The molecule has 0 fully saturated rings. The Morgan fingerprint density at radius 3 is 2.39 bits per heavy atom. The average molecular weight is 310 g/mol. The summed E-state index contributed by atoms with van der Waals surface area (Å²) in [6.45, 7) is 6.46. The number of hydrogen-bond acceptors (Lipinski definition) is 3. The van der Waals surface area contributed by atoms with Crippen molar-refractivity contribution in [2.24, 2.45) is 0 Å². The third kappa shape index (κ3) is 5.18. The molecule has 0 heterocycles. The third-order valence-corrected chi connectivity index (χ3v) is 3.30. The lowest BCUT2D eigenvalue weighted by molar-refractivity contribution is -0.116. The molecule has 0 aliphatic carbocycles. The van der Waals surface area contributed by atoms with E-state index in [2.05, 4.69) is 11.9 Å². The van der Waals surface area contributed by atoms with Gasteiger partial charge in [-0.2, -0.15) is 0 Å². The van der Waals surface area contributed by atoms with Gasteiger partial charge < -0.3 is 15.0 Å². The molecule has 2 aromatic rings. The molecule has 0 atom stereocenters. The predicted octanol–water partition coefficient (Wildman–Crippen LogP) is 3.72. The number of nitrogens with zero attached hydrogens (tertiary/aromatic N) is 1. The van der Waals surface area contributed by atoms with E-state index in [1.54, 1.807) is 11.9 Å². The summed E-state index contributed by atoms with van der Waals surface area (Å²) in [6, 6.07) is 17.1. The highest BCUT2D eigenvalue weighted by Crippen LogP contribution is 2.16. The number of hydrogen-bond donors (Lipinski definition) is 1. The molecule has 0 aliphatic rings. The summed E-state index contributed by atoms with van der Waals surface area (Å²) in [4.78, 5) is 13.8. The van der Waals surface area contributed by atoms with Crippen LogP contribution >= 0.6 is 0 Å². The van der Waals surface area contributed by atoms with Gasteiger partial charge in [0, 0.05) is 18.4 Å². The van der Waals surface area contributed by atoms with E-state index in [1.165, 1.54) is 0 Å². The van der Waals surface area contributed by atoms with E-state index in [4.69, 9.17) is 4.74 Å². The Balaban J connectivity index is 1.85. The number of ether oxygens (including phenoxy) is 1. The fourth-order valence-corrected chi connectivity index (χ4v) is 1.97. The highest BCUT2D eigenvalue weighted by molar-refractivity contribution is 5.95. The summed E-state index contributed by atoms with van der Waals surface area (Å²) in [7, 11) is 1.77. The Morgan fingerprint density at radius 2 is 1.78 bits per heavy atom. The predicted molar refractivity (Wildman–Crippen MR) is 95.1 cm³/mol. The van der Waals surface area contributed by atoms with Crippen LogP contribution < -0.4 is 15.0 Å². The third-order valence-electron chi connectivity index (χ3n) is 3.30. The van der Waals surface area contributed by atoms with Crippen LogP contribution in [-0.2, 0) is 4.79 Å². The zero-order chi connectivity index (χ0) is 16.7. The Bertz CT molecular complexity index is 651. The number of amides is 1. The molecule has 4 heteroatoms. The minimum absolute atomic E-state index is 0.00110. The van der Waals surface area contributed by atoms with E-state index >= 15 is 0 Å². The number of para-hydroxylation sites is 1. The van der Waals surface area contributed by atoms with Gasteiger partial charge in [0.15, 0.2) is 0 Å². The van der Waals surface area contributed by atoms with Crippen LogP contribution in [0.25, 0.3) is 0 Å². The van der Waals surface area contributed by atoms with Gasteiger partial charge in [0.1, 0.15) is 12.4 Å². The number of nitrogens with one attached hydrogen (secondary N) is 1. The Labute approximate surface area is 137 Å². The summed E-state index contributed by atoms with van der Waals surface area (Å²) >= 11 is 0. The molecule has 0 unspecified atom stereocenters. The molecule has 1 N–H and O–H groups in total. The van der Waals surface area contributed by atoms with E-state index in [-0.39, 0.29) is 12.5 Å². The van der Waals surface area contributed by atoms with Gasteiger partial charge >= 0.3 is 0 Å². The van der Waals surface area contributed by atoms with Crippen molar-refractivity contribution in [1.29, 1.82) is 0 Å². The quantitative estimate of drug-likeness (QED) is 0.793. The SMILES string of the molecule is C=C(C)COc1ccc(NCC(=O)N(C)c2ccccc2)cc1. The number of anilines is 2. The second-order valence-corrected chi connectivity index (χ2v) is 5.41. The molecule has 0 bridgehead atoms. The van der Waals surface area contributed by atoms with Crippen LogP contribution in [0.5, 0.6) is 5.75 Å². The van der Waals surface area contributed by atoms with Crippen LogP contribution in [0.4, 0.5) is 11.4 Å². The highest BCUT2D eigenvalue weighted by Gasteiger charge is 2.09. The number of carbonyl (C=O) groups is 1. The van der Waals surface area contributed by atoms with Gasteiger partial charge in [0.05, 0.1) is 6.54 Å². The van der Waals surface area contributed by atoms with Crippen molar-refractivity contribution in [2.75, 3.05) is 30.4 Å². The molecule has 2 aromatic carbocycles. The van der Waals surface area contributed by atoms with Crippen molar-refractivity contribution in [1.82, 2.24) is 0 Å². The van der Waals surface area contributed by atoms with Crippen LogP contribution in [0.15, 0.2) is 66.7 Å². The summed E-state index contributed by atoms with van der Waals surface area (Å²) in [5.41, 5.74) is 2.73. The molecular formula is C19H22N2O2. The first-order chi connectivity index (χ1) is 11.1. The minimum atomic E-state index is -0.00110. The molecule has 23 heavy (non-hydrogen) atoms. The summed E-state index contributed by atoms with van der Waals surface area (Å²) in [5.74, 6) is 0.782. The van der Waals surface area contributed by atoms with E-state index in [9.17, 15) is 4.79 Å². The fraction of sp³-hybridized carbons (Fsp3) is 0.211. The standard InChI is InChI=1S/C19H22N2O2/c1-15(2)14-23-18-11-9-16(10-12-18)20-13-19(22)21(3)17-7-5-4-6-8-17/h4-12,20H,1,13-14H2,2-3H3. The van der Waals surface area contributed by atoms with Gasteiger partial charge in [-0.05, 0) is 48.9 Å². The monoisotopic (exact) mass is 310 g/mol. The molecule has 0 aliphatic heterocycles. The van der Waals surface area contributed by atoms with E-state index < -0.39 is 0 Å². The first-order valence-electron chi connectivity index (χ1n) is 7.49. The zero-order valence-electron chi connectivity index (χ0n) is 13.6. The Morgan fingerprint density at radius 1 is 1.13 bits per heavy atom. The molecular weight excluding hydrogens is 288 g/mol. The maximum atomic E-state index is 12.2. The molecule has 120 valence electrons. The van der Waals surface area contributed by atoms with E-state index in [1.807, 2.05) is 61.5 Å². The molecule has 0 saturated carbocycles. The van der Waals surface area contributed by atoms with Crippen molar-refractivity contribution in [3.8, 4) is 5.75 Å². The van der Waals surface area contributed by atoms with Crippen molar-refractivity contribution < 1.29 is 9.53 Å². The average Bonchev–Trinajstić information content (AvgIpc) is 2.58. The fourth-order valence-electron chi connectivity index (χ4n) is 1.97. The Kier molecular flexibility index (Phi) is 5.80. The lowest BCUT2D eigenvalue weighted by atomic mass is 10.3. The number of carbonyl (C=O) groups excluding carboxylic acids is 1. The smallest absolute Gasteiger partial charge is 0.246 e. The first-order valence-corrected chi connectivity index (χ1v) is 7.49. The summed E-state index contributed by atoms with van der Waals surface area (Å²) in [6.07, 6.45) is 0. The van der Waals surface area contributed by atoms with Gasteiger partial charge in [0.2, 0.25) is 5.91 Å². The van der Waals surface area contributed by atoms with Crippen molar-refractivity contribution >= 4 is 17.3 Å². The van der Waals surface area contributed by atoms with Crippen LogP contribution in [-0.4, -0.2) is 26.1 Å². The number of likely N-dealkylation sites (N-methyl/N-ethyl adjacent to an activating group) is 1. The molecule has 0 saturated heterocycles. The molecule has 1 amide bonds. The molecule has 0 radical (unpaired) electrons. The first kappa shape index (κ1) is 16.6. The zero-order valence-corrected chi connectivity index (χ0v) is 13.6. The number of benzene rings is 2. The van der Waals surface area contributed by atoms with E-state index in [0.717, 1.165) is 22.7 Å². The summed E-state index contributed by atoms with van der Waals surface area (Å²) in [5, 5.41) is 3.12. The van der Waals surface area contributed by atoms with Gasteiger partial charge in [-0.15, -0.1) is 0 Å². The molecule has 0 aromatic heterocycles. The lowest BCUT2D eigenvalue weighted by Gasteiger charge is -2.18. The van der Waals surface area contributed by atoms with Crippen LogP contribution in [0.1, 0.15) is 6.92 Å². The van der Waals surface area contributed by atoms with Crippen LogP contribution in [0, 0.1) is 0 Å². The largest absolute Gasteiger partial charge is 0.489 e. The van der Waals surface area contributed by atoms with Crippen molar-refractivity contribution in [2.45, 2.75) is 6.92 Å². The van der Waals surface area contributed by atoms with Crippen molar-refractivity contribution in [3.05, 3.63) is 66.7 Å². The minimum Gasteiger partial charge on any atom is -0.489 e. The number of rotatable bonds is 7. The summed E-state index contributed by atoms with van der Waals surface area (Å²) < 4.78 is 5.54. The molecule has 0 spiro atoms. The van der Waals surface area contributed by atoms with Crippen LogP contribution in [0.3, 0.4) is 0 Å². The molecule has 2 rings (SSSR count). The maximum Gasteiger partial charge on any atom is 0.246 e.